The fourth-order valence-corrected chi connectivity index (χ4v) is 5.89. The minimum Gasteiger partial charge on any atom is -0.492 e. The molecule has 6 rings (SSSR count). The smallest absolute Gasteiger partial charge is 0.417 e. The predicted molar refractivity (Wildman–Crippen MR) is 140 cm³/mol. The van der Waals surface area contributed by atoms with E-state index in [-0.39, 0.29) is 42.5 Å². The molecule has 0 amide bonds. The summed E-state index contributed by atoms with van der Waals surface area (Å²) >= 11 is 0. The van der Waals surface area contributed by atoms with Crippen LogP contribution in [0.4, 0.5) is 22.0 Å². The lowest BCUT2D eigenvalue weighted by atomic mass is 9.91. The lowest BCUT2D eigenvalue weighted by Gasteiger charge is -2.20. The van der Waals surface area contributed by atoms with E-state index in [0.717, 1.165) is 23.8 Å². The van der Waals surface area contributed by atoms with Crippen molar-refractivity contribution < 1.29 is 50.4 Å². The van der Waals surface area contributed by atoms with Gasteiger partial charge in [0.1, 0.15) is 23.7 Å². The first-order valence-corrected chi connectivity index (χ1v) is 13.6. The van der Waals surface area contributed by atoms with E-state index in [1.165, 1.54) is 13.2 Å². The highest BCUT2D eigenvalue weighted by molar-refractivity contribution is 5.75. The summed E-state index contributed by atoms with van der Waals surface area (Å²) in [6.07, 6.45) is -4.68. The summed E-state index contributed by atoms with van der Waals surface area (Å²) in [7, 11) is 1.32. The number of hydrogen-bond donors (Lipinski definition) is 0. The second kappa shape index (κ2) is 11.1. The van der Waals surface area contributed by atoms with Crippen LogP contribution in [-0.2, 0) is 26.9 Å². The number of halogens is 5. The van der Waals surface area contributed by atoms with Crippen molar-refractivity contribution in [1.29, 1.82) is 0 Å². The summed E-state index contributed by atoms with van der Waals surface area (Å²) in [5.41, 5.74) is 0.180. The van der Waals surface area contributed by atoms with E-state index in [1.54, 1.807) is 18.2 Å². The maximum atomic E-state index is 15.1. The fourth-order valence-electron chi connectivity index (χ4n) is 5.89. The van der Waals surface area contributed by atoms with Gasteiger partial charge in [-0.2, -0.15) is 13.2 Å². The number of fused-ring (bicyclic) bond motifs is 2. The van der Waals surface area contributed by atoms with Gasteiger partial charge in [0.25, 0.3) is 0 Å². The van der Waals surface area contributed by atoms with E-state index < -0.39 is 41.3 Å². The quantitative estimate of drug-likeness (QED) is 0.220. The molecular weight excluding hydrogens is 563 g/mol. The highest BCUT2D eigenvalue weighted by Gasteiger charge is 2.39. The molecule has 0 bridgehead atoms. The van der Waals surface area contributed by atoms with Crippen molar-refractivity contribution in [2.45, 2.75) is 50.0 Å². The van der Waals surface area contributed by atoms with Crippen LogP contribution in [0.25, 0.3) is 11.1 Å². The van der Waals surface area contributed by atoms with E-state index in [2.05, 4.69) is 0 Å². The van der Waals surface area contributed by atoms with Crippen LogP contribution in [0.15, 0.2) is 42.5 Å². The zero-order valence-corrected chi connectivity index (χ0v) is 22.6. The molecule has 1 saturated heterocycles. The molecule has 222 valence electrons. The Morgan fingerprint density at radius 3 is 2.43 bits per heavy atom. The molecule has 2 aliphatic heterocycles. The van der Waals surface area contributed by atoms with Gasteiger partial charge in [-0.25, -0.2) is 8.78 Å². The number of rotatable bonds is 7. The first-order chi connectivity index (χ1) is 20.1. The van der Waals surface area contributed by atoms with Crippen molar-refractivity contribution in [3.63, 3.8) is 0 Å². The van der Waals surface area contributed by atoms with Crippen molar-refractivity contribution in [2.75, 3.05) is 26.9 Å². The normalized spacial score (nSPS) is 21.0. The van der Waals surface area contributed by atoms with Crippen LogP contribution in [0.2, 0.25) is 0 Å². The number of methoxy groups -OCH3 is 1. The average Bonchev–Trinajstić information content (AvgIpc) is 3.70. The van der Waals surface area contributed by atoms with E-state index >= 15 is 8.78 Å². The van der Waals surface area contributed by atoms with Crippen LogP contribution in [-0.4, -0.2) is 39.0 Å². The number of ether oxygens (including phenoxy) is 5. The van der Waals surface area contributed by atoms with Gasteiger partial charge in [0.05, 0.1) is 38.9 Å². The summed E-state index contributed by atoms with van der Waals surface area (Å²) in [4.78, 5) is 11.7. The number of carbonyl (C=O) groups excluding carboxylic acids is 1. The number of benzene rings is 3. The number of alkyl halides is 3. The van der Waals surface area contributed by atoms with Gasteiger partial charge in [-0.1, -0.05) is 12.1 Å². The Balaban J connectivity index is 1.31. The average molecular weight is 591 g/mol. The Kier molecular flexibility index (Phi) is 7.46. The molecule has 42 heavy (non-hydrogen) atoms. The zero-order chi connectivity index (χ0) is 29.6. The Morgan fingerprint density at radius 1 is 0.976 bits per heavy atom. The monoisotopic (exact) mass is 590 g/mol. The van der Waals surface area contributed by atoms with Crippen molar-refractivity contribution in [3.8, 4) is 28.4 Å². The van der Waals surface area contributed by atoms with E-state index in [4.69, 9.17) is 23.7 Å². The minimum absolute atomic E-state index is 0.152. The van der Waals surface area contributed by atoms with Crippen molar-refractivity contribution in [2.24, 2.45) is 0 Å². The van der Waals surface area contributed by atoms with Crippen LogP contribution in [0, 0.1) is 11.6 Å². The van der Waals surface area contributed by atoms with Gasteiger partial charge in [-0.3, -0.25) is 4.79 Å². The first kappa shape index (κ1) is 28.3. The number of esters is 1. The molecule has 0 aromatic heterocycles. The van der Waals surface area contributed by atoms with Crippen LogP contribution >= 0.6 is 0 Å². The minimum atomic E-state index is -4.76. The van der Waals surface area contributed by atoms with E-state index in [1.807, 2.05) is 0 Å². The lowest BCUT2D eigenvalue weighted by molar-refractivity contribution is -0.141. The van der Waals surface area contributed by atoms with Crippen molar-refractivity contribution >= 4 is 5.97 Å². The molecule has 1 aliphatic carbocycles. The zero-order valence-electron chi connectivity index (χ0n) is 22.6. The Hall–Kier alpha value is -3.86. The highest BCUT2D eigenvalue weighted by atomic mass is 19.4. The number of carbonyl (C=O) groups is 1. The number of hydrogen-bond acceptors (Lipinski definition) is 6. The summed E-state index contributed by atoms with van der Waals surface area (Å²) in [6.45, 7) is 0.890. The first-order valence-electron chi connectivity index (χ1n) is 13.6. The van der Waals surface area contributed by atoms with Gasteiger partial charge < -0.3 is 23.7 Å². The topological polar surface area (TPSA) is 63.2 Å². The summed E-state index contributed by atoms with van der Waals surface area (Å²) in [5.74, 6) is -2.30. The summed E-state index contributed by atoms with van der Waals surface area (Å²) in [6, 6.07) is 9.26. The maximum absolute atomic E-state index is 15.1. The third-order valence-corrected chi connectivity index (χ3v) is 7.90. The van der Waals surface area contributed by atoms with Crippen molar-refractivity contribution in [3.05, 3.63) is 76.4 Å². The Bertz CT molecular complexity index is 1490. The standard InChI is InChI=1S/C31H27F5O6/c1-38-28(37)12-17-14-40-27-13-18(2-3-20(17)27)41-26-7-5-22-21(26)4-6-23(31(34,35)36)29(22)16-10-24(32)30(25(33)11-16)42-19-8-9-39-15-19/h2-4,6,10-11,13,17,19,26H,5,7-9,12,14-15H2,1H3/t17-,19?,26-/m1/s1. The van der Waals surface area contributed by atoms with E-state index in [9.17, 15) is 18.0 Å². The molecule has 3 aliphatic rings. The maximum Gasteiger partial charge on any atom is 0.417 e. The molecule has 6 nitrogen and oxygen atoms in total. The van der Waals surface area contributed by atoms with Crippen LogP contribution in [0.3, 0.4) is 0 Å². The lowest BCUT2D eigenvalue weighted by Crippen LogP contribution is -2.17. The Labute approximate surface area is 238 Å². The van der Waals surface area contributed by atoms with Gasteiger partial charge >= 0.3 is 12.1 Å². The largest absolute Gasteiger partial charge is 0.492 e. The molecule has 0 saturated carbocycles. The van der Waals surface area contributed by atoms with Gasteiger partial charge in [0.2, 0.25) is 0 Å². The second-order valence-corrected chi connectivity index (χ2v) is 10.6. The molecular formula is C31H27F5O6. The molecule has 1 fully saturated rings. The highest BCUT2D eigenvalue weighted by Crippen LogP contribution is 2.48. The predicted octanol–water partition coefficient (Wildman–Crippen LogP) is 6.92. The second-order valence-electron chi connectivity index (χ2n) is 10.6. The van der Waals surface area contributed by atoms with Crippen LogP contribution in [0.1, 0.15) is 53.5 Å². The molecule has 3 aromatic rings. The molecule has 3 atom stereocenters. The SMILES string of the molecule is COC(=O)C[C@@H]1COc2cc(O[C@@H]3CCc4c3ccc(C(F)(F)F)c4-c3cc(F)c(OC4CCOC4)c(F)c3)ccc21. The molecule has 1 unspecified atom stereocenters. The summed E-state index contributed by atoms with van der Waals surface area (Å²) < 4.78 is 99.9. The molecule has 3 aromatic carbocycles. The summed E-state index contributed by atoms with van der Waals surface area (Å²) in [5, 5.41) is 0. The van der Waals surface area contributed by atoms with Gasteiger partial charge in [0, 0.05) is 24.0 Å². The Morgan fingerprint density at radius 2 is 1.74 bits per heavy atom. The van der Waals surface area contributed by atoms with E-state index in [0.29, 0.717) is 48.7 Å². The van der Waals surface area contributed by atoms with Crippen LogP contribution < -0.4 is 14.2 Å². The molecule has 0 N–H and O–H groups in total. The van der Waals surface area contributed by atoms with Gasteiger partial charge in [-0.15, -0.1) is 0 Å². The molecule has 2 heterocycles. The third-order valence-electron chi connectivity index (χ3n) is 7.90. The fraction of sp³-hybridized carbons (Fsp3) is 0.387. The third kappa shape index (κ3) is 5.37. The molecule has 0 spiro atoms. The van der Waals surface area contributed by atoms with Crippen molar-refractivity contribution in [1.82, 2.24) is 0 Å². The van der Waals surface area contributed by atoms with Gasteiger partial charge in [0.15, 0.2) is 17.4 Å². The molecule has 0 radical (unpaired) electrons. The van der Waals surface area contributed by atoms with Gasteiger partial charge in [-0.05, 0) is 59.4 Å². The van der Waals surface area contributed by atoms with Crippen LogP contribution in [0.5, 0.6) is 17.2 Å². The molecule has 11 heteroatoms.